The molecule has 2 aromatic rings. The number of ether oxygens (including phenoxy) is 2. The molecular formula is C20H23ClN2O3. The van der Waals surface area contributed by atoms with Gasteiger partial charge in [0, 0.05) is 12.1 Å². The Morgan fingerprint density at radius 3 is 2.77 bits per heavy atom. The average molecular weight is 375 g/mol. The fraction of sp³-hybridized carbons (Fsp3) is 0.350. The van der Waals surface area contributed by atoms with Crippen LogP contribution in [0.3, 0.4) is 0 Å². The van der Waals surface area contributed by atoms with Crippen molar-refractivity contribution < 1.29 is 14.3 Å². The maximum absolute atomic E-state index is 12.8. The number of carbonyl (C=O) groups is 1. The van der Waals surface area contributed by atoms with Gasteiger partial charge in [0.05, 0.1) is 37.5 Å². The van der Waals surface area contributed by atoms with E-state index in [9.17, 15) is 4.79 Å². The highest BCUT2D eigenvalue weighted by Gasteiger charge is 2.32. The lowest BCUT2D eigenvalue weighted by atomic mass is 10.0. The summed E-state index contributed by atoms with van der Waals surface area (Å²) in [6.07, 6.45) is 1.87. The van der Waals surface area contributed by atoms with Gasteiger partial charge in [0.2, 0.25) is 5.91 Å². The third-order valence-electron chi connectivity index (χ3n) is 4.67. The Labute approximate surface area is 158 Å². The Balaban J connectivity index is 1.75. The summed E-state index contributed by atoms with van der Waals surface area (Å²) in [7, 11) is 3.28. The van der Waals surface area contributed by atoms with Crippen molar-refractivity contribution >= 4 is 23.2 Å². The number of likely N-dealkylation sites (tertiary alicyclic amines) is 1. The SMILES string of the molecule is COc1ccc(OC)c(C2CCCN2C(=O)CNc2ccccc2Cl)c1. The Kier molecular flexibility index (Phi) is 5.89. The van der Waals surface area contributed by atoms with Gasteiger partial charge in [-0.25, -0.2) is 0 Å². The number of nitrogens with one attached hydrogen (secondary N) is 1. The van der Waals surface area contributed by atoms with Crippen LogP contribution in [-0.2, 0) is 4.79 Å². The van der Waals surface area contributed by atoms with E-state index in [4.69, 9.17) is 21.1 Å². The van der Waals surface area contributed by atoms with Crippen LogP contribution in [0, 0.1) is 0 Å². The Morgan fingerprint density at radius 2 is 2.04 bits per heavy atom. The Morgan fingerprint density at radius 1 is 1.23 bits per heavy atom. The van der Waals surface area contributed by atoms with Crippen molar-refractivity contribution in [3.8, 4) is 11.5 Å². The van der Waals surface area contributed by atoms with Crippen LogP contribution in [0.5, 0.6) is 11.5 Å². The summed E-state index contributed by atoms with van der Waals surface area (Å²) in [5.41, 5.74) is 1.74. The van der Waals surface area contributed by atoms with Gasteiger partial charge in [-0.3, -0.25) is 4.79 Å². The maximum Gasteiger partial charge on any atom is 0.242 e. The Hall–Kier alpha value is -2.40. The molecule has 0 aromatic heterocycles. The molecule has 1 atom stereocenters. The molecule has 6 heteroatoms. The molecular weight excluding hydrogens is 352 g/mol. The van der Waals surface area contributed by atoms with E-state index in [-0.39, 0.29) is 18.5 Å². The van der Waals surface area contributed by atoms with Gasteiger partial charge in [0.25, 0.3) is 0 Å². The minimum absolute atomic E-state index is 0.0133. The third kappa shape index (κ3) is 3.88. The standard InChI is InChI=1S/C20H23ClN2O3/c1-25-14-9-10-19(26-2)15(12-14)18-8-5-11-23(18)20(24)13-22-17-7-4-3-6-16(17)21/h3-4,6-7,9-10,12,18,22H,5,8,11,13H2,1-2H3. The number of halogens is 1. The fourth-order valence-corrected chi connectivity index (χ4v) is 3.57. The van der Waals surface area contributed by atoms with Crippen molar-refractivity contribution in [2.75, 3.05) is 32.6 Å². The predicted octanol–water partition coefficient (Wildman–Crippen LogP) is 4.13. The molecule has 1 aliphatic heterocycles. The van der Waals surface area contributed by atoms with Crippen molar-refractivity contribution in [3.05, 3.63) is 53.1 Å². The highest BCUT2D eigenvalue weighted by molar-refractivity contribution is 6.33. The first-order chi connectivity index (χ1) is 12.6. The quantitative estimate of drug-likeness (QED) is 0.825. The van der Waals surface area contributed by atoms with Crippen LogP contribution in [-0.4, -0.2) is 38.1 Å². The molecule has 26 heavy (non-hydrogen) atoms. The van der Waals surface area contributed by atoms with Crippen LogP contribution in [0.25, 0.3) is 0 Å². The molecule has 1 N–H and O–H groups in total. The second-order valence-electron chi connectivity index (χ2n) is 6.19. The lowest BCUT2D eigenvalue weighted by molar-refractivity contribution is -0.130. The van der Waals surface area contributed by atoms with E-state index in [1.807, 2.05) is 41.3 Å². The smallest absolute Gasteiger partial charge is 0.242 e. The lowest BCUT2D eigenvalue weighted by Crippen LogP contribution is -2.35. The van der Waals surface area contributed by atoms with Crippen molar-refractivity contribution in [2.24, 2.45) is 0 Å². The predicted molar refractivity (Wildman–Crippen MR) is 103 cm³/mol. The maximum atomic E-state index is 12.8. The molecule has 1 aliphatic rings. The highest BCUT2D eigenvalue weighted by Crippen LogP contribution is 2.39. The minimum Gasteiger partial charge on any atom is -0.497 e. The van der Waals surface area contributed by atoms with E-state index in [0.717, 1.165) is 42.1 Å². The summed E-state index contributed by atoms with van der Waals surface area (Å²) < 4.78 is 10.8. The molecule has 1 fully saturated rings. The molecule has 1 unspecified atom stereocenters. The van der Waals surface area contributed by atoms with Crippen LogP contribution in [0.2, 0.25) is 5.02 Å². The van der Waals surface area contributed by atoms with Gasteiger partial charge in [-0.1, -0.05) is 23.7 Å². The van der Waals surface area contributed by atoms with E-state index in [0.29, 0.717) is 5.02 Å². The number of hydrogen-bond acceptors (Lipinski definition) is 4. The third-order valence-corrected chi connectivity index (χ3v) is 5.00. The van der Waals surface area contributed by atoms with Crippen molar-refractivity contribution in [1.29, 1.82) is 0 Å². The normalized spacial score (nSPS) is 16.4. The topological polar surface area (TPSA) is 50.8 Å². The zero-order valence-corrected chi connectivity index (χ0v) is 15.8. The molecule has 0 radical (unpaired) electrons. The summed E-state index contributed by atoms with van der Waals surface area (Å²) in [4.78, 5) is 14.7. The molecule has 5 nitrogen and oxygen atoms in total. The number of rotatable bonds is 6. The van der Waals surface area contributed by atoms with Gasteiger partial charge in [0.1, 0.15) is 11.5 Å². The summed E-state index contributed by atoms with van der Waals surface area (Å²) >= 11 is 6.15. The van der Waals surface area contributed by atoms with E-state index in [1.165, 1.54) is 0 Å². The second kappa shape index (κ2) is 8.32. The largest absolute Gasteiger partial charge is 0.497 e. The van der Waals surface area contributed by atoms with Gasteiger partial charge in [0.15, 0.2) is 0 Å². The summed E-state index contributed by atoms with van der Waals surface area (Å²) in [5.74, 6) is 1.57. The molecule has 0 spiro atoms. The number of para-hydroxylation sites is 1. The molecule has 138 valence electrons. The lowest BCUT2D eigenvalue weighted by Gasteiger charge is -2.27. The number of nitrogens with zero attached hydrogens (tertiary/aromatic N) is 1. The van der Waals surface area contributed by atoms with Crippen LogP contribution in [0.4, 0.5) is 5.69 Å². The zero-order valence-electron chi connectivity index (χ0n) is 15.0. The fourth-order valence-electron chi connectivity index (χ4n) is 3.37. The average Bonchev–Trinajstić information content (AvgIpc) is 3.16. The molecule has 3 rings (SSSR count). The number of benzene rings is 2. The van der Waals surface area contributed by atoms with E-state index in [1.54, 1.807) is 20.3 Å². The molecule has 0 bridgehead atoms. The first kappa shape index (κ1) is 18.4. The van der Waals surface area contributed by atoms with Gasteiger partial charge in [-0.15, -0.1) is 0 Å². The number of anilines is 1. The number of methoxy groups -OCH3 is 2. The highest BCUT2D eigenvalue weighted by atomic mass is 35.5. The van der Waals surface area contributed by atoms with Crippen molar-refractivity contribution in [1.82, 2.24) is 4.90 Å². The van der Waals surface area contributed by atoms with Crippen molar-refractivity contribution in [3.63, 3.8) is 0 Å². The van der Waals surface area contributed by atoms with Crippen molar-refractivity contribution in [2.45, 2.75) is 18.9 Å². The van der Waals surface area contributed by atoms with E-state index >= 15 is 0 Å². The van der Waals surface area contributed by atoms with Crippen LogP contribution in [0.1, 0.15) is 24.4 Å². The molecule has 1 saturated heterocycles. The van der Waals surface area contributed by atoms with E-state index in [2.05, 4.69) is 5.32 Å². The monoisotopic (exact) mass is 374 g/mol. The number of carbonyl (C=O) groups excluding carboxylic acids is 1. The molecule has 0 aliphatic carbocycles. The van der Waals surface area contributed by atoms with Crippen LogP contribution in [0.15, 0.2) is 42.5 Å². The first-order valence-electron chi connectivity index (χ1n) is 8.64. The minimum atomic E-state index is -0.0133. The number of hydrogen-bond donors (Lipinski definition) is 1. The van der Waals surface area contributed by atoms with Gasteiger partial charge < -0.3 is 19.7 Å². The molecule has 1 amide bonds. The zero-order chi connectivity index (χ0) is 18.5. The van der Waals surface area contributed by atoms with Crippen LogP contribution >= 0.6 is 11.6 Å². The Bertz CT molecular complexity index is 781. The summed E-state index contributed by atoms with van der Waals surface area (Å²) in [5, 5.41) is 3.74. The molecule has 0 saturated carbocycles. The first-order valence-corrected chi connectivity index (χ1v) is 9.01. The van der Waals surface area contributed by atoms with Crippen LogP contribution < -0.4 is 14.8 Å². The molecule has 1 heterocycles. The summed E-state index contributed by atoms with van der Waals surface area (Å²) in [6, 6.07) is 13.1. The van der Waals surface area contributed by atoms with Gasteiger partial charge >= 0.3 is 0 Å². The number of amides is 1. The summed E-state index contributed by atoms with van der Waals surface area (Å²) in [6.45, 7) is 0.931. The second-order valence-corrected chi connectivity index (χ2v) is 6.59. The van der Waals surface area contributed by atoms with Gasteiger partial charge in [-0.05, 0) is 43.2 Å². The van der Waals surface area contributed by atoms with E-state index < -0.39 is 0 Å². The van der Waals surface area contributed by atoms with Gasteiger partial charge in [-0.2, -0.15) is 0 Å². The molecule has 2 aromatic carbocycles.